The molecule has 4 heteroatoms. The van der Waals surface area contributed by atoms with Crippen LogP contribution in [0.25, 0.3) is 0 Å². The first-order chi connectivity index (χ1) is 21.4. The third-order valence-corrected chi connectivity index (χ3v) is 8.48. The van der Waals surface area contributed by atoms with Crippen LogP contribution in [0.2, 0.25) is 0 Å². The van der Waals surface area contributed by atoms with Gasteiger partial charge in [-0.15, -0.1) is 0 Å². The highest BCUT2D eigenvalue weighted by molar-refractivity contribution is 5.87. The second-order valence-electron chi connectivity index (χ2n) is 12.9. The number of esters is 2. The topological polar surface area (TPSA) is 52.6 Å². The van der Waals surface area contributed by atoms with Crippen molar-refractivity contribution in [2.24, 2.45) is 0 Å². The molecule has 0 aromatic rings. The van der Waals surface area contributed by atoms with Crippen LogP contribution in [0.1, 0.15) is 168 Å². The van der Waals surface area contributed by atoms with E-state index in [4.69, 9.17) is 9.47 Å². The van der Waals surface area contributed by atoms with Gasteiger partial charge in [-0.1, -0.05) is 115 Å². The van der Waals surface area contributed by atoms with Crippen LogP contribution >= 0.6 is 0 Å². The van der Waals surface area contributed by atoms with Gasteiger partial charge in [0, 0.05) is 11.1 Å². The fourth-order valence-electron chi connectivity index (χ4n) is 5.57. The monoisotopic (exact) mass is 610 g/mol. The average Bonchev–Trinajstić information content (AvgIpc) is 3.03. The molecule has 0 aromatic heterocycles. The first-order valence-corrected chi connectivity index (χ1v) is 18.1. The zero-order valence-corrected chi connectivity index (χ0v) is 28.7. The van der Waals surface area contributed by atoms with Gasteiger partial charge in [-0.05, 0) is 102 Å². The molecule has 3 aliphatic carbocycles. The van der Waals surface area contributed by atoms with Crippen molar-refractivity contribution in [1.29, 1.82) is 0 Å². The molecule has 44 heavy (non-hydrogen) atoms. The number of allylic oxidation sites excluding steroid dienone is 4. The van der Waals surface area contributed by atoms with E-state index in [1.54, 1.807) is 13.8 Å². The van der Waals surface area contributed by atoms with Crippen molar-refractivity contribution in [2.45, 2.75) is 168 Å². The Hall–Kier alpha value is -2.36. The molecule has 0 heterocycles. The van der Waals surface area contributed by atoms with E-state index in [9.17, 15) is 9.59 Å². The molecule has 0 atom stereocenters. The lowest BCUT2D eigenvalue weighted by Crippen LogP contribution is -2.14. The number of hydrogen-bond acceptors (Lipinski definition) is 4. The van der Waals surface area contributed by atoms with Crippen LogP contribution in [0.4, 0.5) is 0 Å². The summed E-state index contributed by atoms with van der Waals surface area (Å²) in [7, 11) is 0. The van der Waals surface area contributed by atoms with Crippen molar-refractivity contribution >= 4 is 11.9 Å². The molecule has 0 aliphatic heterocycles. The minimum atomic E-state index is -0.377. The summed E-state index contributed by atoms with van der Waals surface area (Å²) in [6, 6.07) is 0. The zero-order valence-electron chi connectivity index (χ0n) is 28.7. The second kappa shape index (κ2) is 28.1. The van der Waals surface area contributed by atoms with Crippen LogP contribution in [0.3, 0.4) is 0 Å². The summed E-state index contributed by atoms with van der Waals surface area (Å²) in [6.07, 6.45) is 40.7. The van der Waals surface area contributed by atoms with Crippen molar-refractivity contribution in [3.63, 3.8) is 0 Å². The molecule has 0 aromatic carbocycles. The number of hydrogen-bond donors (Lipinski definition) is 0. The van der Waals surface area contributed by atoms with Crippen molar-refractivity contribution in [3.8, 4) is 0 Å². The number of carbonyl (C=O) groups excluding carboxylic acids is 2. The Kier molecular flexibility index (Phi) is 25.4. The zero-order chi connectivity index (χ0) is 32.1. The van der Waals surface area contributed by atoms with E-state index >= 15 is 0 Å². The van der Waals surface area contributed by atoms with Crippen LogP contribution in [-0.4, -0.2) is 25.2 Å². The van der Waals surface area contributed by atoms with Gasteiger partial charge in [0.1, 0.15) is 13.2 Å². The maximum Gasteiger partial charge on any atom is 0.333 e. The minimum Gasteiger partial charge on any atom is -0.458 e. The second-order valence-corrected chi connectivity index (χ2v) is 12.9. The lowest BCUT2D eigenvalue weighted by atomic mass is 9.95. The Bertz CT molecular complexity index is 795. The van der Waals surface area contributed by atoms with Crippen LogP contribution in [0, 0.1) is 0 Å². The molecule has 0 radical (unpaired) electrons. The van der Waals surface area contributed by atoms with Gasteiger partial charge in [0.05, 0.1) is 0 Å². The fourth-order valence-corrected chi connectivity index (χ4v) is 5.57. The lowest BCUT2D eigenvalue weighted by Gasteiger charge is -2.18. The van der Waals surface area contributed by atoms with Crippen LogP contribution < -0.4 is 0 Å². The summed E-state index contributed by atoms with van der Waals surface area (Å²) >= 11 is 0. The molecule has 0 fully saturated rings. The number of rotatable bonds is 6. The highest BCUT2D eigenvalue weighted by Gasteiger charge is 2.14. The van der Waals surface area contributed by atoms with Crippen molar-refractivity contribution < 1.29 is 19.1 Å². The largest absolute Gasteiger partial charge is 0.458 e. The van der Waals surface area contributed by atoms with Gasteiger partial charge in [-0.2, -0.15) is 0 Å². The summed E-state index contributed by atoms with van der Waals surface area (Å²) in [4.78, 5) is 23.4. The Morgan fingerprint density at radius 3 is 1.00 bits per heavy atom. The van der Waals surface area contributed by atoms with Crippen LogP contribution in [-0.2, 0) is 19.1 Å². The standard InChI is InChI=1S/C20H30O4.2C10H18/c1-15(2)19(21)23-13-17-11-9-7-5-6-8-10-12-18(17)14-24-20(22)16(3)4;2*1-2-4-6-8-10-9-7-5-3-1/h1,3,5-14H2,2,4H3;2*1-2H,3-10H2/b18-17-;2*2-1-. The third kappa shape index (κ3) is 23.1. The normalized spacial score (nSPS) is 22.1. The maximum absolute atomic E-state index is 11.7. The smallest absolute Gasteiger partial charge is 0.333 e. The summed E-state index contributed by atoms with van der Waals surface area (Å²) in [5.74, 6) is -0.754. The van der Waals surface area contributed by atoms with E-state index in [1.165, 1.54) is 128 Å². The molecule has 0 spiro atoms. The van der Waals surface area contributed by atoms with Gasteiger partial charge < -0.3 is 9.47 Å². The lowest BCUT2D eigenvalue weighted by molar-refractivity contribution is -0.139. The van der Waals surface area contributed by atoms with E-state index < -0.39 is 0 Å². The predicted molar refractivity (Wildman–Crippen MR) is 188 cm³/mol. The number of ether oxygens (including phenoxy) is 2. The maximum atomic E-state index is 11.7. The highest BCUT2D eigenvalue weighted by Crippen LogP contribution is 2.23. The average molecular weight is 611 g/mol. The molecule has 4 nitrogen and oxygen atoms in total. The molecular weight excluding hydrogens is 544 g/mol. The summed E-state index contributed by atoms with van der Waals surface area (Å²) < 4.78 is 10.7. The van der Waals surface area contributed by atoms with E-state index in [-0.39, 0.29) is 25.2 Å². The molecule has 0 saturated carbocycles. The molecule has 0 bridgehead atoms. The quantitative estimate of drug-likeness (QED) is 0.170. The van der Waals surface area contributed by atoms with Gasteiger partial charge in [-0.3, -0.25) is 0 Å². The molecule has 0 N–H and O–H groups in total. The molecule has 250 valence electrons. The molecular formula is C40H66O4. The SMILES string of the molecule is C1=C\CCCCCCCC/1.C1=C\CCCCCCCC/1.C=C(C)C(=O)OC/C1=C(\COC(=O)C(=C)C)CCCCCCCC1. The minimum absolute atomic E-state index is 0.256. The molecule has 0 amide bonds. The molecule has 0 unspecified atom stereocenters. The van der Waals surface area contributed by atoms with Crippen molar-refractivity contribution in [2.75, 3.05) is 13.2 Å². The Morgan fingerprint density at radius 1 is 0.477 bits per heavy atom. The Morgan fingerprint density at radius 2 is 0.727 bits per heavy atom. The Labute approximate surface area is 271 Å². The van der Waals surface area contributed by atoms with E-state index in [0.29, 0.717) is 11.1 Å². The van der Waals surface area contributed by atoms with Gasteiger partial charge in [-0.25, -0.2) is 9.59 Å². The van der Waals surface area contributed by atoms with Crippen molar-refractivity contribution in [1.82, 2.24) is 0 Å². The highest BCUT2D eigenvalue weighted by atomic mass is 16.5. The van der Waals surface area contributed by atoms with E-state index in [2.05, 4.69) is 37.5 Å². The van der Waals surface area contributed by atoms with Crippen LogP contribution in [0.15, 0.2) is 59.8 Å². The molecule has 0 saturated heterocycles. The van der Waals surface area contributed by atoms with Gasteiger partial charge in [0.15, 0.2) is 0 Å². The summed E-state index contributed by atoms with van der Waals surface area (Å²) in [6.45, 7) is 11.0. The fraction of sp³-hybridized carbons (Fsp3) is 0.700. The van der Waals surface area contributed by atoms with Gasteiger partial charge in [0.25, 0.3) is 0 Å². The molecule has 3 rings (SSSR count). The van der Waals surface area contributed by atoms with E-state index in [1.807, 2.05) is 0 Å². The predicted octanol–water partition coefficient (Wildman–Crippen LogP) is 12.0. The first kappa shape index (κ1) is 39.7. The summed E-state index contributed by atoms with van der Waals surface area (Å²) in [5.41, 5.74) is 2.96. The third-order valence-electron chi connectivity index (χ3n) is 8.48. The first-order valence-electron chi connectivity index (χ1n) is 18.1. The molecule has 3 aliphatic rings. The van der Waals surface area contributed by atoms with E-state index in [0.717, 1.165) is 36.8 Å². The van der Waals surface area contributed by atoms with Crippen LogP contribution in [0.5, 0.6) is 0 Å². The van der Waals surface area contributed by atoms with Gasteiger partial charge in [0.2, 0.25) is 0 Å². The summed E-state index contributed by atoms with van der Waals surface area (Å²) in [5, 5.41) is 0. The van der Waals surface area contributed by atoms with Gasteiger partial charge >= 0.3 is 11.9 Å². The Balaban J connectivity index is 0.000000393. The number of carbonyl (C=O) groups is 2. The van der Waals surface area contributed by atoms with Crippen molar-refractivity contribution in [3.05, 3.63) is 59.8 Å².